The second-order valence-electron chi connectivity index (χ2n) is 9.11. The van der Waals surface area contributed by atoms with Crippen LogP contribution in [-0.4, -0.2) is 20.3 Å². The minimum Gasteiger partial charge on any atom is -0.399 e. The van der Waals surface area contributed by atoms with E-state index in [1.807, 2.05) is 77.1 Å². The Balaban J connectivity index is 0.000000201. The van der Waals surface area contributed by atoms with Crippen molar-refractivity contribution in [1.29, 1.82) is 0 Å². The number of ether oxygens (including phenoxy) is 1. The number of imidazole rings is 1. The van der Waals surface area contributed by atoms with Gasteiger partial charge in [0.15, 0.2) is 4.34 Å². The summed E-state index contributed by atoms with van der Waals surface area (Å²) in [5.41, 5.74) is 9.56. The lowest BCUT2D eigenvalue weighted by atomic mass is 10.1. The monoisotopic (exact) mass is 632 g/mol. The molecule has 1 atom stereocenters. The van der Waals surface area contributed by atoms with Gasteiger partial charge in [-0.2, -0.15) is 0 Å². The molecule has 0 bridgehead atoms. The van der Waals surface area contributed by atoms with E-state index in [-0.39, 0.29) is 6.10 Å². The molecule has 2 heterocycles. The Morgan fingerprint density at radius 1 is 1.00 bits per heavy atom. The minimum atomic E-state index is -0.223. The molecule has 0 saturated carbocycles. The molecule has 10 heteroatoms. The average molecular weight is 634 g/mol. The van der Waals surface area contributed by atoms with Crippen LogP contribution in [0.5, 0.6) is 0 Å². The fourth-order valence-electron chi connectivity index (χ4n) is 3.86. The van der Waals surface area contributed by atoms with Gasteiger partial charge in [0.05, 0.1) is 29.7 Å². The molecule has 5 nitrogen and oxygen atoms in total. The van der Waals surface area contributed by atoms with Crippen LogP contribution in [0.2, 0.25) is 15.1 Å². The normalized spacial score (nSPS) is 11.8. The number of nitrogens with zero attached hydrogens (tertiary/aromatic N) is 3. The molecule has 1 unspecified atom stereocenters. The van der Waals surface area contributed by atoms with Crippen molar-refractivity contribution in [2.24, 2.45) is 0 Å². The van der Waals surface area contributed by atoms with Crippen LogP contribution in [0, 0.1) is 0 Å². The maximum absolute atomic E-state index is 6.36. The topological polar surface area (TPSA) is 66.0 Å². The predicted octanol–water partition coefficient (Wildman–Crippen LogP) is 9.96. The number of hydrogen-bond acceptors (Lipinski definition) is 6. The number of thioether (sulfide) groups is 1. The molecule has 3 aromatic carbocycles. The van der Waals surface area contributed by atoms with Gasteiger partial charge in [0.2, 0.25) is 0 Å². The van der Waals surface area contributed by atoms with Gasteiger partial charge < -0.3 is 15.0 Å². The first-order chi connectivity index (χ1) is 19.4. The van der Waals surface area contributed by atoms with Crippen molar-refractivity contribution in [3.63, 3.8) is 0 Å². The summed E-state index contributed by atoms with van der Waals surface area (Å²) in [6.07, 6.45) is 9.02. The van der Waals surface area contributed by atoms with Gasteiger partial charge in [0.25, 0.3) is 0 Å². The van der Waals surface area contributed by atoms with Crippen LogP contribution in [0.1, 0.15) is 43.4 Å². The summed E-state index contributed by atoms with van der Waals surface area (Å²) in [7, 11) is 0. The maximum Gasteiger partial charge on any atom is 0.151 e. The zero-order valence-electron chi connectivity index (χ0n) is 22.1. The third-order valence-electron chi connectivity index (χ3n) is 5.98. The Bertz CT molecular complexity index is 1480. The zero-order chi connectivity index (χ0) is 28.3. The Morgan fingerprint density at radius 3 is 2.52 bits per heavy atom. The van der Waals surface area contributed by atoms with Crippen LogP contribution in [0.4, 0.5) is 5.69 Å². The predicted molar refractivity (Wildman–Crippen MR) is 172 cm³/mol. The summed E-state index contributed by atoms with van der Waals surface area (Å²) in [6, 6.07) is 18.9. The van der Waals surface area contributed by atoms with Crippen LogP contribution in [0.15, 0.2) is 83.7 Å². The second kappa shape index (κ2) is 15.7. The van der Waals surface area contributed by atoms with Crippen LogP contribution in [0.3, 0.4) is 0 Å². The summed E-state index contributed by atoms with van der Waals surface area (Å²) in [6.45, 7) is 3.29. The smallest absolute Gasteiger partial charge is 0.151 e. The summed E-state index contributed by atoms with van der Waals surface area (Å²) in [5, 5.41) is 1.89. The third kappa shape index (κ3) is 9.40. The molecule has 0 aliphatic rings. The number of aromatic nitrogens is 3. The van der Waals surface area contributed by atoms with Gasteiger partial charge in [0.1, 0.15) is 6.10 Å². The molecule has 0 radical (unpaired) electrons. The quantitative estimate of drug-likeness (QED) is 0.0891. The lowest BCUT2D eigenvalue weighted by molar-refractivity contribution is 0.0280. The Hall–Kier alpha value is -2.26. The van der Waals surface area contributed by atoms with E-state index in [9.17, 15) is 0 Å². The number of thiazole rings is 1. The molecular formula is C30H31Cl3N4OS2. The van der Waals surface area contributed by atoms with Gasteiger partial charge in [-0.05, 0) is 54.4 Å². The summed E-state index contributed by atoms with van der Waals surface area (Å²) < 4.78 is 10.4. The molecule has 0 saturated heterocycles. The molecule has 210 valence electrons. The largest absolute Gasteiger partial charge is 0.399 e. The van der Waals surface area contributed by atoms with Gasteiger partial charge in [-0.25, -0.2) is 9.97 Å². The lowest BCUT2D eigenvalue weighted by Crippen LogP contribution is -2.12. The third-order valence-corrected chi connectivity index (χ3v) is 9.04. The minimum absolute atomic E-state index is 0.223. The lowest BCUT2D eigenvalue weighted by Gasteiger charge is -2.20. The number of unbranched alkanes of at least 4 members (excludes halogenated alkanes) is 2. The fourth-order valence-corrected chi connectivity index (χ4v) is 6.70. The van der Waals surface area contributed by atoms with Crippen molar-refractivity contribution in [3.05, 3.63) is 106 Å². The fraction of sp³-hybridized carbons (Fsp3) is 0.267. The number of hydrogen-bond donors (Lipinski definition) is 1. The summed E-state index contributed by atoms with van der Waals surface area (Å²) in [4.78, 5) is 8.65. The number of fused-ring (bicyclic) bond motifs is 1. The zero-order valence-corrected chi connectivity index (χ0v) is 26.0. The number of halogens is 3. The summed E-state index contributed by atoms with van der Waals surface area (Å²) in [5.74, 6) is 1.17. The van der Waals surface area contributed by atoms with Gasteiger partial charge in [-0.1, -0.05) is 84.5 Å². The SMILES string of the molecule is CCCCCSc1nc2ccc(N)cc2s1.Clc1ccc(COC(Cn2ccnc2)c2ccc(Cl)cc2Cl)cc1. The van der Waals surface area contributed by atoms with Crippen molar-refractivity contribution in [1.82, 2.24) is 14.5 Å². The highest BCUT2D eigenvalue weighted by atomic mass is 35.5. The van der Waals surface area contributed by atoms with Crippen molar-refractivity contribution in [2.45, 2.75) is 49.8 Å². The van der Waals surface area contributed by atoms with Crippen LogP contribution in [-0.2, 0) is 17.9 Å². The summed E-state index contributed by atoms with van der Waals surface area (Å²) >= 11 is 21.9. The van der Waals surface area contributed by atoms with Gasteiger partial charge in [-0.15, -0.1) is 11.3 Å². The van der Waals surface area contributed by atoms with E-state index in [0.29, 0.717) is 28.2 Å². The van der Waals surface area contributed by atoms with E-state index in [1.165, 1.54) is 29.7 Å². The number of rotatable bonds is 11. The number of nitrogens with two attached hydrogens (primary N) is 1. The average Bonchev–Trinajstić information content (AvgIpc) is 3.60. The molecule has 40 heavy (non-hydrogen) atoms. The highest BCUT2D eigenvalue weighted by Gasteiger charge is 2.17. The molecule has 0 aliphatic heterocycles. The molecule has 2 aromatic heterocycles. The van der Waals surface area contributed by atoms with Crippen molar-refractivity contribution in [3.8, 4) is 0 Å². The number of anilines is 1. The number of nitrogen functional groups attached to an aromatic ring is 1. The molecular weight excluding hydrogens is 603 g/mol. The van der Waals surface area contributed by atoms with Crippen molar-refractivity contribution in [2.75, 3.05) is 11.5 Å². The Morgan fingerprint density at radius 2 is 1.80 bits per heavy atom. The highest BCUT2D eigenvalue weighted by Crippen LogP contribution is 2.32. The van der Waals surface area contributed by atoms with Gasteiger partial charge in [-0.3, -0.25) is 0 Å². The van der Waals surface area contributed by atoms with E-state index in [4.69, 9.17) is 45.3 Å². The second-order valence-corrected chi connectivity index (χ2v) is 12.8. The van der Waals surface area contributed by atoms with Crippen molar-refractivity contribution >= 4 is 73.8 Å². The van der Waals surface area contributed by atoms with E-state index in [1.54, 1.807) is 29.9 Å². The van der Waals surface area contributed by atoms with Crippen molar-refractivity contribution < 1.29 is 4.74 Å². The molecule has 0 amide bonds. The molecule has 0 spiro atoms. The number of benzene rings is 3. The highest BCUT2D eigenvalue weighted by molar-refractivity contribution is 8.01. The Kier molecular flexibility index (Phi) is 12.0. The molecule has 5 aromatic rings. The van der Waals surface area contributed by atoms with E-state index in [2.05, 4.69) is 16.9 Å². The maximum atomic E-state index is 6.36. The van der Waals surface area contributed by atoms with Gasteiger partial charge in [0, 0.05) is 44.5 Å². The van der Waals surface area contributed by atoms with E-state index in [0.717, 1.165) is 26.7 Å². The molecule has 0 aliphatic carbocycles. The Labute approximate surface area is 258 Å². The van der Waals surface area contributed by atoms with Crippen LogP contribution < -0.4 is 5.73 Å². The van der Waals surface area contributed by atoms with Gasteiger partial charge >= 0.3 is 0 Å². The molecule has 0 fully saturated rings. The van der Waals surface area contributed by atoms with Crippen LogP contribution in [0.25, 0.3) is 10.2 Å². The van der Waals surface area contributed by atoms with E-state index < -0.39 is 0 Å². The molecule has 2 N–H and O–H groups in total. The van der Waals surface area contributed by atoms with E-state index >= 15 is 0 Å². The first kappa shape index (κ1) is 30.7. The first-order valence-electron chi connectivity index (χ1n) is 13.0. The first-order valence-corrected chi connectivity index (χ1v) is 15.9. The van der Waals surface area contributed by atoms with Crippen LogP contribution >= 0.6 is 57.9 Å². The standard InChI is InChI=1S/C18H15Cl3N2O.C12H16N2S2/c19-14-3-1-13(2-4-14)11-24-18(10-23-8-7-22-12-23)16-6-5-15(20)9-17(16)21;1-2-3-4-7-15-12-14-10-6-5-9(13)8-11(10)16-12/h1-9,12,18H,10-11H2;5-6,8H,2-4,7,13H2,1H3. The molecule has 5 rings (SSSR count).